The predicted octanol–water partition coefficient (Wildman–Crippen LogP) is 2.79. The van der Waals surface area contributed by atoms with E-state index < -0.39 is 96.9 Å². The molecule has 0 bridgehead atoms. The van der Waals surface area contributed by atoms with E-state index in [1.807, 2.05) is 13.8 Å². The summed E-state index contributed by atoms with van der Waals surface area (Å²) in [6.07, 6.45) is -1.64. The molecule has 3 saturated heterocycles. The molecule has 7 fully saturated rings. The molecule has 58 heavy (non-hydrogen) atoms. The van der Waals surface area contributed by atoms with Crippen molar-refractivity contribution < 1.29 is 73.0 Å². The molecule has 8 aliphatic rings. The van der Waals surface area contributed by atoms with Gasteiger partial charge in [-0.3, -0.25) is 4.79 Å². The quantitative estimate of drug-likeness (QED) is 0.176. The highest BCUT2D eigenvalue weighted by Crippen LogP contribution is 2.70. The van der Waals surface area contributed by atoms with Crippen molar-refractivity contribution in [3.05, 3.63) is 11.6 Å². The fraction of sp³-hybridized carbons (Fsp3) is 0.907. The summed E-state index contributed by atoms with van der Waals surface area (Å²) >= 11 is 0. The van der Waals surface area contributed by atoms with Gasteiger partial charge >= 0.3 is 11.9 Å². The normalized spacial score (nSPS) is 53.2. The Morgan fingerprint density at radius 3 is 1.83 bits per heavy atom. The van der Waals surface area contributed by atoms with Crippen LogP contribution < -0.4 is 0 Å². The molecule has 15 nitrogen and oxygen atoms in total. The highest BCUT2D eigenvalue weighted by molar-refractivity contribution is 5.85. The molecule has 0 aromatic rings. The molecule has 18 unspecified atom stereocenters. The second kappa shape index (κ2) is 16.2. The van der Waals surface area contributed by atoms with Gasteiger partial charge in [-0.25, -0.2) is 4.79 Å². The Balaban J connectivity index is 0.823. The molecule has 0 amide bonds. The molecule has 0 spiro atoms. The lowest BCUT2D eigenvalue weighted by atomic mass is 9.42. The third kappa shape index (κ3) is 7.49. The third-order valence-electron chi connectivity index (χ3n) is 16.2. The molecule has 15 heteroatoms. The first-order valence-electron chi connectivity index (χ1n) is 21.8. The number of esters is 2. The van der Waals surface area contributed by atoms with E-state index in [0.29, 0.717) is 18.8 Å². The van der Waals surface area contributed by atoms with Gasteiger partial charge in [0.1, 0.15) is 18.8 Å². The van der Waals surface area contributed by atoms with E-state index in [0.717, 1.165) is 44.1 Å². The monoisotopic (exact) mass is 822 g/mol. The van der Waals surface area contributed by atoms with Crippen molar-refractivity contribution in [1.29, 1.82) is 0 Å². The Morgan fingerprint density at radius 1 is 0.724 bits per heavy atom. The molecule has 0 aromatic carbocycles. The molecule has 4 aliphatic carbocycles. The van der Waals surface area contributed by atoms with Crippen LogP contribution in [0, 0.1) is 34.5 Å². The highest BCUT2D eigenvalue weighted by Gasteiger charge is 2.71. The molecule has 4 saturated carbocycles. The van der Waals surface area contributed by atoms with Gasteiger partial charge in [0, 0.05) is 37.7 Å². The average Bonchev–Trinajstić information content (AvgIpc) is 3.70. The summed E-state index contributed by atoms with van der Waals surface area (Å²) in [6.45, 7) is 11.2. The van der Waals surface area contributed by atoms with Crippen LogP contribution in [0.3, 0.4) is 0 Å². The van der Waals surface area contributed by atoms with Gasteiger partial charge < -0.3 is 63.4 Å². The van der Waals surface area contributed by atoms with Gasteiger partial charge in [0.25, 0.3) is 0 Å². The SMILES string of the molecule is CC(=O)OC1C(O)CC(OC2C(O)CC(OC3C(O)CC(OC4CC[C@@]5(C)C(CCC6C5CC(O)[C@]5(C)C(C7=CC(=O)OC7)CC[C@]65O)C4)OC3C)OC2C)OC1C. The first kappa shape index (κ1) is 42.9. The van der Waals surface area contributed by atoms with Crippen molar-refractivity contribution in [1.82, 2.24) is 0 Å². The molecule has 328 valence electrons. The molecule has 21 atom stereocenters. The first-order valence-corrected chi connectivity index (χ1v) is 21.8. The zero-order valence-corrected chi connectivity index (χ0v) is 34.8. The third-order valence-corrected chi connectivity index (χ3v) is 16.2. The zero-order valence-electron chi connectivity index (χ0n) is 34.8. The Labute approximate surface area is 341 Å². The predicted molar refractivity (Wildman–Crippen MR) is 202 cm³/mol. The van der Waals surface area contributed by atoms with Gasteiger partial charge in [-0.05, 0) is 107 Å². The number of aliphatic hydroxyl groups is 5. The minimum atomic E-state index is -1.02. The van der Waals surface area contributed by atoms with Crippen LogP contribution in [0.1, 0.15) is 112 Å². The maximum absolute atomic E-state index is 12.6. The highest BCUT2D eigenvalue weighted by atomic mass is 16.7. The number of hydrogen-bond acceptors (Lipinski definition) is 15. The molecule has 8 rings (SSSR count). The number of hydrogen-bond donors (Lipinski definition) is 5. The second-order valence-electron chi connectivity index (χ2n) is 19.4. The van der Waals surface area contributed by atoms with E-state index in [1.54, 1.807) is 19.9 Å². The van der Waals surface area contributed by atoms with Gasteiger partial charge in [-0.15, -0.1) is 0 Å². The average molecular weight is 823 g/mol. The Morgan fingerprint density at radius 2 is 1.29 bits per heavy atom. The summed E-state index contributed by atoms with van der Waals surface area (Å²) in [5.74, 6) is -0.339. The van der Waals surface area contributed by atoms with Crippen LogP contribution in [0.25, 0.3) is 0 Å². The van der Waals surface area contributed by atoms with Crippen LogP contribution in [0.15, 0.2) is 11.6 Å². The molecule has 4 heterocycles. The van der Waals surface area contributed by atoms with Crippen molar-refractivity contribution >= 4 is 11.9 Å². The number of ether oxygens (including phenoxy) is 8. The summed E-state index contributed by atoms with van der Waals surface area (Å²) < 4.78 is 47.6. The summed E-state index contributed by atoms with van der Waals surface area (Å²) in [5, 5.41) is 57.5. The number of carbonyl (C=O) groups excluding carboxylic acids is 2. The van der Waals surface area contributed by atoms with Crippen LogP contribution >= 0.6 is 0 Å². The number of cyclic esters (lactones) is 1. The summed E-state index contributed by atoms with van der Waals surface area (Å²) in [4.78, 5) is 23.4. The lowest BCUT2D eigenvalue weighted by Crippen LogP contribution is -2.67. The van der Waals surface area contributed by atoms with Gasteiger partial charge in [0.05, 0.1) is 54.4 Å². The minimum Gasteiger partial charge on any atom is -0.458 e. The van der Waals surface area contributed by atoms with Gasteiger partial charge in [0.15, 0.2) is 25.0 Å². The molecule has 5 N–H and O–H groups in total. The molecule has 0 radical (unpaired) electrons. The zero-order chi connectivity index (χ0) is 41.5. The number of aliphatic hydroxyl groups excluding tert-OH is 4. The minimum absolute atomic E-state index is 0.0551. The Kier molecular flexibility index (Phi) is 12.0. The summed E-state index contributed by atoms with van der Waals surface area (Å²) in [5.41, 5.74) is -0.916. The van der Waals surface area contributed by atoms with E-state index in [4.69, 9.17) is 37.9 Å². The van der Waals surface area contributed by atoms with Crippen LogP contribution in [0.5, 0.6) is 0 Å². The maximum Gasteiger partial charge on any atom is 0.331 e. The van der Waals surface area contributed by atoms with Crippen LogP contribution in [0.4, 0.5) is 0 Å². The van der Waals surface area contributed by atoms with Crippen molar-refractivity contribution in [2.24, 2.45) is 34.5 Å². The fourth-order valence-electron chi connectivity index (χ4n) is 13.1. The maximum atomic E-state index is 12.6. The summed E-state index contributed by atoms with van der Waals surface area (Å²) in [6, 6.07) is 0. The second-order valence-corrected chi connectivity index (χ2v) is 19.4. The number of carbonyl (C=O) groups is 2. The lowest BCUT2D eigenvalue weighted by molar-refractivity contribution is -0.336. The van der Waals surface area contributed by atoms with E-state index in [2.05, 4.69) is 6.92 Å². The van der Waals surface area contributed by atoms with Crippen LogP contribution in [-0.2, 0) is 47.5 Å². The molecule has 0 aromatic heterocycles. The van der Waals surface area contributed by atoms with Crippen molar-refractivity contribution in [2.75, 3.05) is 6.61 Å². The van der Waals surface area contributed by atoms with Crippen LogP contribution in [0.2, 0.25) is 0 Å². The van der Waals surface area contributed by atoms with Crippen molar-refractivity contribution in [2.45, 2.75) is 204 Å². The van der Waals surface area contributed by atoms with Gasteiger partial charge in [-0.1, -0.05) is 13.8 Å². The molecular weight excluding hydrogens is 756 g/mol. The smallest absolute Gasteiger partial charge is 0.331 e. The fourth-order valence-corrected chi connectivity index (χ4v) is 13.1. The summed E-state index contributed by atoms with van der Waals surface area (Å²) in [7, 11) is 0. The Bertz CT molecular complexity index is 1520. The van der Waals surface area contributed by atoms with E-state index in [1.165, 1.54) is 6.92 Å². The van der Waals surface area contributed by atoms with E-state index in [-0.39, 0.29) is 61.1 Å². The van der Waals surface area contributed by atoms with Crippen LogP contribution in [-0.4, -0.2) is 136 Å². The van der Waals surface area contributed by atoms with E-state index in [9.17, 15) is 35.1 Å². The number of fused-ring (bicyclic) bond motifs is 5. The lowest BCUT2D eigenvalue weighted by Gasteiger charge is -2.65. The largest absolute Gasteiger partial charge is 0.458 e. The van der Waals surface area contributed by atoms with Gasteiger partial charge in [-0.2, -0.15) is 0 Å². The van der Waals surface area contributed by atoms with E-state index >= 15 is 0 Å². The van der Waals surface area contributed by atoms with Gasteiger partial charge in [0.2, 0.25) is 0 Å². The number of rotatable bonds is 8. The van der Waals surface area contributed by atoms with Crippen molar-refractivity contribution in [3.8, 4) is 0 Å². The first-order chi connectivity index (χ1) is 27.4. The standard InChI is InChI=1S/C43H66O15/c1-20-38(55-23(4)44)30(45)17-36(53-20)57-40-22(3)54-37(18-32(40)47)58-39-21(2)52-35(16-31(39)46)56-26-9-11-41(5)25(14-26)7-8-28-29(41)15-33(48)42(6)27(10-12-43(28,42)50)24-13-34(49)51-19-24/h13,20-22,25-33,35-40,45-48,50H,7-12,14-19H2,1-6H3/t20?,21?,22?,25?,26?,27?,28?,29?,30?,31?,32?,33?,35?,36?,37?,38?,39?,40?,41-,42-,43-/m0/s1. The topological polar surface area (TPSA) is 209 Å². The van der Waals surface area contributed by atoms with Crippen molar-refractivity contribution in [3.63, 3.8) is 0 Å². The molecule has 4 aliphatic heterocycles. The molecular formula is C43H66O15. The Hall–Kier alpha value is -1.76.